The molecule has 3 fully saturated rings. The molecule has 1 spiro atoms. The van der Waals surface area contributed by atoms with Crippen molar-refractivity contribution < 1.29 is 24.6 Å². The van der Waals surface area contributed by atoms with E-state index in [1.54, 1.807) is 27.6 Å². The van der Waals surface area contributed by atoms with Crippen molar-refractivity contribution in [1.82, 2.24) is 9.80 Å². The number of aliphatic hydroxyl groups is 1. The van der Waals surface area contributed by atoms with Crippen molar-refractivity contribution in [2.24, 2.45) is 17.8 Å². The second kappa shape index (κ2) is 9.98. The SMILES string of the molecule is C=CCN(CCCCC)C(=O)C1N([C@@H](CO)[C@@H](C)CC)C(=O)[C@@H]2[C@@H](C(=O)O)[C@@]3(C)CCC12S3. The first-order valence-electron chi connectivity index (χ1n) is 12.4. The predicted octanol–water partition coefficient (Wildman–Crippen LogP) is 3.16. The number of aliphatic hydroxyl groups excluding tert-OH is 1. The van der Waals surface area contributed by atoms with Gasteiger partial charge in [-0.3, -0.25) is 14.4 Å². The van der Waals surface area contributed by atoms with Crippen molar-refractivity contribution in [1.29, 1.82) is 0 Å². The first kappa shape index (κ1) is 26.1. The molecule has 186 valence electrons. The lowest BCUT2D eigenvalue weighted by Gasteiger charge is -2.41. The molecule has 2 N–H and O–H groups in total. The molecule has 8 heteroatoms. The molecule has 3 aliphatic rings. The molecule has 0 radical (unpaired) electrons. The Bertz CT molecular complexity index is 791. The number of amides is 2. The zero-order valence-electron chi connectivity index (χ0n) is 20.5. The zero-order chi connectivity index (χ0) is 24.6. The van der Waals surface area contributed by atoms with Gasteiger partial charge < -0.3 is 20.0 Å². The number of nitrogens with zero attached hydrogens (tertiary/aromatic N) is 2. The number of aliphatic carboxylic acids is 1. The average Bonchev–Trinajstić information content (AvgIpc) is 3.34. The molecule has 33 heavy (non-hydrogen) atoms. The van der Waals surface area contributed by atoms with E-state index in [1.165, 1.54) is 0 Å². The van der Waals surface area contributed by atoms with Crippen molar-refractivity contribution in [3.8, 4) is 0 Å². The summed E-state index contributed by atoms with van der Waals surface area (Å²) in [5.41, 5.74) is 0. The summed E-state index contributed by atoms with van der Waals surface area (Å²) in [6, 6.07) is -1.28. The van der Waals surface area contributed by atoms with Gasteiger partial charge in [-0.25, -0.2) is 0 Å². The minimum Gasteiger partial charge on any atom is -0.481 e. The van der Waals surface area contributed by atoms with Gasteiger partial charge in [0.05, 0.1) is 29.2 Å². The van der Waals surface area contributed by atoms with E-state index in [9.17, 15) is 24.6 Å². The van der Waals surface area contributed by atoms with Crippen LogP contribution in [0.5, 0.6) is 0 Å². The quantitative estimate of drug-likeness (QED) is 0.329. The highest BCUT2D eigenvalue weighted by molar-refractivity contribution is 8.02. The third-order valence-electron chi connectivity index (χ3n) is 8.25. The molecule has 2 unspecified atom stereocenters. The van der Waals surface area contributed by atoms with Gasteiger partial charge in [-0.05, 0) is 32.1 Å². The number of hydrogen-bond acceptors (Lipinski definition) is 5. The average molecular weight is 481 g/mol. The van der Waals surface area contributed by atoms with Gasteiger partial charge >= 0.3 is 5.97 Å². The van der Waals surface area contributed by atoms with Crippen LogP contribution in [0.15, 0.2) is 12.7 Å². The van der Waals surface area contributed by atoms with Crippen LogP contribution in [-0.2, 0) is 14.4 Å². The van der Waals surface area contributed by atoms with Crippen LogP contribution < -0.4 is 0 Å². The normalized spacial score (nSPS) is 34.3. The predicted molar refractivity (Wildman–Crippen MR) is 130 cm³/mol. The number of likely N-dealkylation sites (tertiary alicyclic amines) is 1. The Kier molecular flexibility index (Phi) is 7.89. The van der Waals surface area contributed by atoms with Gasteiger partial charge in [-0.15, -0.1) is 18.3 Å². The summed E-state index contributed by atoms with van der Waals surface area (Å²) in [5, 5.41) is 20.4. The zero-order valence-corrected chi connectivity index (χ0v) is 21.3. The fraction of sp³-hybridized carbons (Fsp3) is 0.800. The molecule has 2 bridgehead atoms. The van der Waals surface area contributed by atoms with E-state index in [1.807, 2.05) is 20.8 Å². The van der Waals surface area contributed by atoms with Crippen molar-refractivity contribution in [3.05, 3.63) is 12.7 Å². The smallest absolute Gasteiger partial charge is 0.308 e. The Balaban J connectivity index is 2.09. The Morgan fingerprint density at radius 1 is 1.33 bits per heavy atom. The molecule has 0 aliphatic carbocycles. The fourth-order valence-corrected chi connectivity index (χ4v) is 8.69. The van der Waals surface area contributed by atoms with Gasteiger partial charge in [-0.2, -0.15) is 0 Å². The minimum absolute atomic E-state index is 0.0153. The first-order chi connectivity index (χ1) is 15.6. The van der Waals surface area contributed by atoms with E-state index in [-0.39, 0.29) is 24.3 Å². The molecule has 0 aromatic carbocycles. The molecule has 3 saturated heterocycles. The Morgan fingerprint density at radius 3 is 2.58 bits per heavy atom. The number of fused-ring (bicyclic) bond motifs is 1. The molecular formula is C25H40N2O5S. The van der Waals surface area contributed by atoms with Gasteiger partial charge in [0, 0.05) is 17.8 Å². The number of rotatable bonds is 12. The minimum atomic E-state index is -0.965. The summed E-state index contributed by atoms with van der Waals surface area (Å²) in [6.45, 7) is 12.6. The molecule has 3 aliphatic heterocycles. The molecule has 2 amide bonds. The Hall–Kier alpha value is -1.54. The summed E-state index contributed by atoms with van der Waals surface area (Å²) < 4.78 is -1.33. The number of unbranched alkanes of at least 4 members (excludes halogenated alkanes) is 2. The lowest BCUT2D eigenvalue weighted by molar-refractivity contribution is -0.151. The highest BCUT2D eigenvalue weighted by atomic mass is 32.2. The van der Waals surface area contributed by atoms with Gasteiger partial charge in [0.1, 0.15) is 6.04 Å². The summed E-state index contributed by atoms with van der Waals surface area (Å²) in [6.07, 6.45) is 6.65. The van der Waals surface area contributed by atoms with E-state index in [0.29, 0.717) is 25.9 Å². The van der Waals surface area contributed by atoms with Gasteiger partial charge in [-0.1, -0.05) is 46.1 Å². The van der Waals surface area contributed by atoms with Gasteiger partial charge in [0.2, 0.25) is 11.8 Å². The van der Waals surface area contributed by atoms with E-state index < -0.39 is 39.4 Å². The fourth-order valence-electron chi connectivity index (χ4n) is 6.36. The number of carbonyl (C=O) groups excluding carboxylic acids is 2. The lowest BCUT2D eigenvalue weighted by Crippen LogP contribution is -2.58. The van der Waals surface area contributed by atoms with Gasteiger partial charge in [0.25, 0.3) is 0 Å². The maximum absolute atomic E-state index is 14.2. The van der Waals surface area contributed by atoms with Crippen molar-refractivity contribution in [2.45, 2.75) is 87.8 Å². The molecule has 7 nitrogen and oxygen atoms in total. The summed E-state index contributed by atoms with van der Waals surface area (Å²) >= 11 is 1.54. The molecule has 0 saturated carbocycles. The van der Waals surface area contributed by atoms with Crippen LogP contribution in [0.4, 0.5) is 0 Å². The highest BCUT2D eigenvalue weighted by Crippen LogP contribution is 2.71. The monoisotopic (exact) mass is 480 g/mol. The Morgan fingerprint density at radius 2 is 2.03 bits per heavy atom. The van der Waals surface area contributed by atoms with Crippen molar-refractivity contribution in [2.75, 3.05) is 19.7 Å². The first-order valence-corrected chi connectivity index (χ1v) is 13.2. The van der Waals surface area contributed by atoms with Crippen LogP contribution in [0.2, 0.25) is 0 Å². The van der Waals surface area contributed by atoms with Crippen molar-refractivity contribution >= 4 is 29.5 Å². The van der Waals surface area contributed by atoms with Crippen LogP contribution in [0, 0.1) is 17.8 Å². The van der Waals surface area contributed by atoms with E-state index in [2.05, 4.69) is 13.5 Å². The van der Waals surface area contributed by atoms with Gasteiger partial charge in [0.15, 0.2) is 0 Å². The van der Waals surface area contributed by atoms with E-state index in [4.69, 9.17) is 0 Å². The van der Waals surface area contributed by atoms with E-state index >= 15 is 0 Å². The summed E-state index contributed by atoms with van der Waals surface area (Å²) in [5.74, 6) is -2.96. The molecular weight excluding hydrogens is 440 g/mol. The standard InChI is InChI=1S/C25H40N2O5S/c1-6-9-10-14-26(13-7-2)22(30)20-25-12-11-24(5,33-25)19(23(31)32)18(25)21(29)27(20)17(15-28)16(4)8-3/h7,16-20,28H,2,6,8-15H2,1,3-5H3,(H,31,32)/t16-,17-,18-,19-,20?,24+,25?/m0/s1. The Labute approximate surface area is 202 Å². The highest BCUT2D eigenvalue weighted by Gasteiger charge is 2.78. The number of carboxylic acids is 1. The van der Waals surface area contributed by atoms with Crippen molar-refractivity contribution in [3.63, 3.8) is 0 Å². The number of carbonyl (C=O) groups is 3. The van der Waals surface area contributed by atoms with Crippen LogP contribution in [0.25, 0.3) is 0 Å². The lowest BCUT2D eigenvalue weighted by atomic mass is 9.66. The summed E-state index contributed by atoms with van der Waals surface area (Å²) in [4.78, 5) is 43.9. The largest absolute Gasteiger partial charge is 0.481 e. The maximum atomic E-state index is 14.2. The topological polar surface area (TPSA) is 98.2 Å². The third kappa shape index (κ3) is 4.11. The third-order valence-corrected chi connectivity index (χ3v) is 10.2. The molecule has 3 rings (SSSR count). The second-order valence-electron chi connectivity index (χ2n) is 10.2. The molecule has 0 aromatic rings. The van der Waals surface area contributed by atoms with E-state index in [0.717, 1.165) is 25.7 Å². The van der Waals surface area contributed by atoms with Crippen LogP contribution in [0.1, 0.15) is 66.2 Å². The maximum Gasteiger partial charge on any atom is 0.308 e. The van der Waals surface area contributed by atoms with Crippen LogP contribution >= 0.6 is 11.8 Å². The number of thioether (sulfide) groups is 1. The van der Waals surface area contributed by atoms with Crippen LogP contribution in [0.3, 0.4) is 0 Å². The number of carboxylic acid groups (broad SMARTS) is 1. The second-order valence-corrected chi connectivity index (χ2v) is 12.1. The van der Waals surface area contributed by atoms with Crippen LogP contribution in [-0.4, -0.2) is 79.1 Å². The molecule has 3 heterocycles. The molecule has 7 atom stereocenters. The summed E-state index contributed by atoms with van der Waals surface area (Å²) in [7, 11) is 0. The molecule has 0 aromatic heterocycles. The number of hydrogen-bond donors (Lipinski definition) is 2.